The maximum Gasteiger partial charge on any atom is 0.282 e. The highest BCUT2D eigenvalue weighted by molar-refractivity contribution is 6.45. The van der Waals surface area contributed by atoms with Gasteiger partial charge in [0.2, 0.25) is 0 Å². The zero-order valence-electron chi connectivity index (χ0n) is 20.7. The highest BCUT2D eigenvalue weighted by atomic mass is 19.1. The molecule has 0 saturated carbocycles. The fourth-order valence-corrected chi connectivity index (χ4v) is 4.39. The number of hydrogen-bond donors (Lipinski definition) is 1. The number of amides is 2. The Balaban J connectivity index is 1.91. The molecule has 36 heavy (non-hydrogen) atoms. The lowest BCUT2D eigenvalue weighted by molar-refractivity contribution is -0.120. The van der Waals surface area contributed by atoms with Crippen molar-refractivity contribution in [1.29, 1.82) is 0 Å². The fourth-order valence-electron chi connectivity index (χ4n) is 4.39. The number of aromatic nitrogens is 2. The minimum atomic E-state index is -0.625. The van der Waals surface area contributed by atoms with Gasteiger partial charge < -0.3 is 14.4 Å². The van der Waals surface area contributed by atoms with Gasteiger partial charge in [0.25, 0.3) is 17.4 Å². The first-order valence-corrected chi connectivity index (χ1v) is 11.4. The van der Waals surface area contributed by atoms with Crippen LogP contribution in [-0.4, -0.2) is 53.8 Å². The molecule has 3 aromatic rings. The van der Waals surface area contributed by atoms with Crippen molar-refractivity contribution in [1.82, 2.24) is 14.7 Å². The lowest BCUT2D eigenvalue weighted by Gasteiger charge is -2.23. The molecule has 2 amide bonds. The molecule has 10 heteroatoms. The molecular formula is C26H27FN4O5. The first kappa shape index (κ1) is 24.8. The second kappa shape index (κ2) is 9.73. The number of nitrogens with one attached hydrogen (secondary N) is 1. The molecule has 4 rings (SSSR count). The molecule has 9 nitrogen and oxygen atoms in total. The summed E-state index contributed by atoms with van der Waals surface area (Å²) in [5, 5.41) is 2.95. The average Bonchev–Trinajstić information content (AvgIpc) is 3.31. The largest absolute Gasteiger partial charge is 0.493 e. The fraction of sp³-hybridized carbons (Fsp3) is 0.269. The van der Waals surface area contributed by atoms with E-state index in [1.165, 1.54) is 49.2 Å². The Bertz CT molecular complexity index is 1420. The zero-order valence-corrected chi connectivity index (χ0v) is 20.7. The summed E-state index contributed by atoms with van der Waals surface area (Å²) < 4.78 is 25.3. The molecule has 1 N–H and O–H groups in total. The van der Waals surface area contributed by atoms with E-state index in [2.05, 4.69) is 5.10 Å². The number of anilines is 1. The van der Waals surface area contributed by atoms with Crippen molar-refractivity contribution in [3.8, 4) is 17.2 Å². The van der Waals surface area contributed by atoms with E-state index in [9.17, 15) is 18.8 Å². The van der Waals surface area contributed by atoms with Crippen LogP contribution < -0.4 is 19.9 Å². The second-order valence-electron chi connectivity index (χ2n) is 8.11. The Morgan fingerprint density at radius 2 is 1.50 bits per heavy atom. The summed E-state index contributed by atoms with van der Waals surface area (Å²) in [6.45, 7) is 6.28. The normalized spacial score (nSPS) is 13.6. The molecule has 0 aliphatic carbocycles. The molecule has 0 spiro atoms. The number of likely N-dealkylation sites (N-methyl/N-ethyl adjacent to an activating group) is 1. The maximum absolute atomic E-state index is 13.8. The molecule has 0 saturated heterocycles. The van der Waals surface area contributed by atoms with E-state index in [1.54, 1.807) is 24.0 Å². The summed E-state index contributed by atoms with van der Waals surface area (Å²) in [4.78, 5) is 43.9. The number of benzene rings is 2. The SMILES string of the molecule is CCN(CC)C1=C(c2c(C)[nH]n(-c3ccc(F)cc3)c2=O)C(=O)N(c2ccc(OC)c(OC)c2)C1=O. The summed E-state index contributed by atoms with van der Waals surface area (Å²) in [5.41, 5.74) is 0.808. The van der Waals surface area contributed by atoms with Crippen molar-refractivity contribution >= 4 is 23.1 Å². The molecule has 0 atom stereocenters. The second-order valence-corrected chi connectivity index (χ2v) is 8.11. The van der Waals surface area contributed by atoms with E-state index in [0.29, 0.717) is 36.0 Å². The number of rotatable bonds is 8. The standard InChI is InChI=1S/C26H27FN4O5/c1-6-29(7-2)23-22(21-15(3)28-31(25(21)33)17-10-8-16(27)9-11-17)24(32)30(26(23)34)18-12-13-19(35-4)20(14-18)36-5/h8-14,28H,6-7H2,1-5H3. The van der Waals surface area contributed by atoms with Gasteiger partial charge >= 0.3 is 0 Å². The van der Waals surface area contributed by atoms with Crippen LogP contribution in [0.15, 0.2) is 53.0 Å². The average molecular weight is 495 g/mol. The van der Waals surface area contributed by atoms with Gasteiger partial charge in [-0.3, -0.25) is 19.5 Å². The minimum absolute atomic E-state index is 0.0121. The van der Waals surface area contributed by atoms with Crippen molar-refractivity contribution in [3.05, 3.63) is 75.6 Å². The van der Waals surface area contributed by atoms with Crippen LogP contribution in [0.1, 0.15) is 25.1 Å². The number of ether oxygens (including phenoxy) is 2. The van der Waals surface area contributed by atoms with E-state index in [1.807, 2.05) is 13.8 Å². The van der Waals surface area contributed by atoms with Gasteiger partial charge in [0.05, 0.1) is 36.7 Å². The van der Waals surface area contributed by atoms with Gasteiger partial charge in [-0.25, -0.2) is 14.0 Å². The van der Waals surface area contributed by atoms with E-state index in [-0.39, 0.29) is 22.5 Å². The Morgan fingerprint density at radius 1 is 0.889 bits per heavy atom. The van der Waals surface area contributed by atoms with E-state index < -0.39 is 23.2 Å². The Kier molecular flexibility index (Phi) is 6.69. The molecule has 0 fully saturated rings. The first-order chi connectivity index (χ1) is 17.3. The summed E-state index contributed by atoms with van der Waals surface area (Å²) >= 11 is 0. The Labute approximate surface area is 207 Å². The van der Waals surface area contributed by atoms with Crippen LogP contribution in [0, 0.1) is 12.7 Å². The number of hydrogen-bond acceptors (Lipinski definition) is 6. The number of imide groups is 1. The summed E-state index contributed by atoms with van der Waals surface area (Å²) in [5.74, 6) is -0.811. The third-order valence-corrected chi connectivity index (χ3v) is 6.17. The highest BCUT2D eigenvalue weighted by Crippen LogP contribution is 2.38. The predicted octanol–water partition coefficient (Wildman–Crippen LogP) is 3.26. The van der Waals surface area contributed by atoms with Crippen molar-refractivity contribution in [2.45, 2.75) is 20.8 Å². The van der Waals surface area contributed by atoms with Crippen LogP contribution in [0.3, 0.4) is 0 Å². The van der Waals surface area contributed by atoms with Gasteiger partial charge in [-0.05, 0) is 57.2 Å². The summed E-state index contributed by atoms with van der Waals surface area (Å²) in [7, 11) is 2.95. The van der Waals surface area contributed by atoms with E-state index in [4.69, 9.17) is 9.47 Å². The van der Waals surface area contributed by atoms with Crippen molar-refractivity contribution < 1.29 is 23.5 Å². The molecule has 1 aliphatic heterocycles. The number of aryl methyl sites for hydroxylation is 1. The van der Waals surface area contributed by atoms with Gasteiger partial charge in [-0.15, -0.1) is 0 Å². The van der Waals surface area contributed by atoms with Gasteiger partial charge in [-0.1, -0.05) is 0 Å². The van der Waals surface area contributed by atoms with Gasteiger partial charge in [0.15, 0.2) is 11.5 Å². The number of carbonyl (C=O) groups is 2. The number of carbonyl (C=O) groups excluding carboxylic acids is 2. The summed E-state index contributed by atoms with van der Waals surface area (Å²) in [6, 6.07) is 10.1. The molecule has 188 valence electrons. The summed E-state index contributed by atoms with van der Waals surface area (Å²) in [6.07, 6.45) is 0. The van der Waals surface area contributed by atoms with E-state index >= 15 is 0 Å². The van der Waals surface area contributed by atoms with Crippen LogP contribution >= 0.6 is 0 Å². The monoisotopic (exact) mass is 494 g/mol. The van der Waals surface area contributed by atoms with Crippen LogP contribution in [0.4, 0.5) is 10.1 Å². The minimum Gasteiger partial charge on any atom is -0.493 e. The maximum atomic E-state index is 13.8. The van der Waals surface area contributed by atoms with Crippen molar-refractivity contribution in [2.75, 3.05) is 32.2 Å². The number of methoxy groups -OCH3 is 2. The highest BCUT2D eigenvalue weighted by Gasteiger charge is 2.44. The lowest BCUT2D eigenvalue weighted by Crippen LogP contribution is -2.35. The van der Waals surface area contributed by atoms with Crippen LogP contribution in [0.5, 0.6) is 11.5 Å². The molecule has 0 bridgehead atoms. The first-order valence-electron chi connectivity index (χ1n) is 11.4. The predicted molar refractivity (Wildman–Crippen MR) is 133 cm³/mol. The third-order valence-electron chi connectivity index (χ3n) is 6.17. The quantitative estimate of drug-likeness (QED) is 0.483. The number of nitrogens with zero attached hydrogens (tertiary/aromatic N) is 3. The molecule has 2 aromatic carbocycles. The van der Waals surface area contributed by atoms with E-state index in [0.717, 1.165) is 4.90 Å². The number of halogens is 1. The lowest BCUT2D eigenvalue weighted by atomic mass is 10.0. The molecule has 1 aromatic heterocycles. The van der Waals surface area contributed by atoms with Crippen LogP contribution in [0.2, 0.25) is 0 Å². The molecule has 2 heterocycles. The van der Waals surface area contributed by atoms with Gasteiger partial charge in [0, 0.05) is 24.8 Å². The van der Waals surface area contributed by atoms with Crippen molar-refractivity contribution in [3.63, 3.8) is 0 Å². The Hall–Kier alpha value is -4.34. The Morgan fingerprint density at radius 3 is 2.08 bits per heavy atom. The van der Waals surface area contributed by atoms with Crippen LogP contribution in [0.25, 0.3) is 11.3 Å². The van der Waals surface area contributed by atoms with Gasteiger partial charge in [-0.2, -0.15) is 0 Å². The number of H-pyrrole nitrogens is 1. The van der Waals surface area contributed by atoms with Crippen LogP contribution in [-0.2, 0) is 9.59 Å². The van der Waals surface area contributed by atoms with Gasteiger partial charge in [0.1, 0.15) is 11.5 Å². The topological polar surface area (TPSA) is 96.9 Å². The molecule has 1 aliphatic rings. The third kappa shape index (κ3) is 3.94. The van der Waals surface area contributed by atoms with Crippen molar-refractivity contribution in [2.24, 2.45) is 0 Å². The molecule has 0 unspecified atom stereocenters. The zero-order chi connectivity index (χ0) is 26.1. The smallest absolute Gasteiger partial charge is 0.282 e. The number of aromatic amines is 1. The molecule has 0 radical (unpaired) electrons. The molecular weight excluding hydrogens is 467 g/mol.